The zero-order valence-corrected chi connectivity index (χ0v) is 20.6. The molecule has 0 radical (unpaired) electrons. The molecule has 39 heavy (non-hydrogen) atoms. The van der Waals surface area contributed by atoms with E-state index in [0.717, 1.165) is 28.9 Å². The number of nitrogens with zero attached hydrogens (tertiary/aromatic N) is 2. The van der Waals surface area contributed by atoms with Crippen LogP contribution >= 0.6 is 0 Å². The fourth-order valence-electron chi connectivity index (χ4n) is 4.42. The molecule has 2 aromatic rings. The number of alkyl halides is 9. The zero-order chi connectivity index (χ0) is 29.3. The van der Waals surface area contributed by atoms with Crippen LogP contribution in [0.1, 0.15) is 60.5 Å². The first-order valence-corrected chi connectivity index (χ1v) is 11.6. The van der Waals surface area contributed by atoms with Crippen LogP contribution in [0.5, 0.6) is 0 Å². The van der Waals surface area contributed by atoms with E-state index in [9.17, 15) is 49.1 Å². The average Bonchev–Trinajstić information content (AvgIpc) is 3.00. The summed E-state index contributed by atoms with van der Waals surface area (Å²) in [5, 5.41) is 0. The minimum Gasteiger partial charge on any atom is -0.449 e. The molecule has 0 saturated carbocycles. The van der Waals surface area contributed by atoms with Gasteiger partial charge in [0.25, 0.3) is 0 Å². The van der Waals surface area contributed by atoms with Crippen LogP contribution in [0.2, 0.25) is 0 Å². The SMILES string of the molecule is CCOC(=O)N1CCCC(N(Cc2cc(C(F)(F)F)cc(C(F)(F)F)c2)C(C)=O)c2ccc(C(F)(F)F)cc21. The first kappa shape index (κ1) is 30.1. The second-order valence-corrected chi connectivity index (χ2v) is 8.84. The molecule has 2 aromatic carbocycles. The second-order valence-electron chi connectivity index (χ2n) is 8.84. The topological polar surface area (TPSA) is 49.9 Å². The molecule has 0 fully saturated rings. The summed E-state index contributed by atoms with van der Waals surface area (Å²) in [4.78, 5) is 27.2. The van der Waals surface area contributed by atoms with Crippen molar-refractivity contribution in [2.45, 2.75) is 57.8 Å². The van der Waals surface area contributed by atoms with Crippen molar-refractivity contribution in [2.24, 2.45) is 0 Å². The maximum absolute atomic E-state index is 13.5. The molecule has 0 aliphatic carbocycles. The smallest absolute Gasteiger partial charge is 0.416 e. The number of benzene rings is 2. The highest BCUT2D eigenvalue weighted by molar-refractivity contribution is 5.89. The molecular weight excluding hydrogens is 547 g/mol. The first-order chi connectivity index (χ1) is 17.9. The molecule has 5 nitrogen and oxygen atoms in total. The minimum atomic E-state index is -5.11. The van der Waals surface area contributed by atoms with Gasteiger partial charge in [-0.05, 0) is 61.2 Å². The van der Waals surface area contributed by atoms with Gasteiger partial charge in [-0.1, -0.05) is 6.07 Å². The van der Waals surface area contributed by atoms with Gasteiger partial charge in [-0.25, -0.2) is 4.79 Å². The molecule has 0 N–H and O–H groups in total. The number of carbonyl (C=O) groups is 2. The van der Waals surface area contributed by atoms with Crippen LogP contribution < -0.4 is 4.90 Å². The van der Waals surface area contributed by atoms with Crippen molar-refractivity contribution in [3.8, 4) is 0 Å². The van der Waals surface area contributed by atoms with Gasteiger partial charge in [0, 0.05) is 20.0 Å². The molecule has 3 rings (SSSR count). The number of ether oxygens (including phenoxy) is 1. The second kappa shape index (κ2) is 11.0. The van der Waals surface area contributed by atoms with Gasteiger partial charge in [-0.15, -0.1) is 0 Å². The number of rotatable bonds is 4. The summed E-state index contributed by atoms with van der Waals surface area (Å²) in [5.41, 5.74) is -4.88. The Labute approximate surface area is 217 Å². The van der Waals surface area contributed by atoms with E-state index >= 15 is 0 Å². The third-order valence-electron chi connectivity index (χ3n) is 6.14. The van der Waals surface area contributed by atoms with Crippen molar-refractivity contribution in [3.63, 3.8) is 0 Å². The third-order valence-corrected chi connectivity index (χ3v) is 6.14. The largest absolute Gasteiger partial charge is 0.449 e. The van der Waals surface area contributed by atoms with E-state index in [2.05, 4.69) is 0 Å². The highest BCUT2D eigenvalue weighted by Crippen LogP contribution is 2.42. The van der Waals surface area contributed by atoms with Crippen LogP contribution in [0, 0.1) is 0 Å². The number of halogens is 9. The minimum absolute atomic E-state index is 0.0432. The molecule has 214 valence electrons. The maximum atomic E-state index is 13.5. The number of anilines is 1. The van der Waals surface area contributed by atoms with Gasteiger partial charge in [0.1, 0.15) is 0 Å². The summed E-state index contributed by atoms with van der Waals surface area (Å²) >= 11 is 0. The fourth-order valence-corrected chi connectivity index (χ4v) is 4.42. The lowest BCUT2D eigenvalue weighted by Crippen LogP contribution is -2.34. The molecule has 0 aromatic heterocycles. The van der Waals surface area contributed by atoms with Gasteiger partial charge in [0.2, 0.25) is 5.91 Å². The van der Waals surface area contributed by atoms with E-state index < -0.39 is 65.4 Å². The van der Waals surface area contributed by atoms with E-state index in [1.165, 1.54) is 6.92 Å². The van der Waals surface area contributed by atoms with Crippen LogP contribution in [0.15, 0.2) is 36.4 Å². The molecule has 1 atom stereocenters. The molecule has 1 aliphatic rings. The van der Waals surface area contributed by atoms with E-state index in [0.29, 0.717) is 18.2 Å². The Morgan fingerprint density at radius 2 is 1.46 bits per heavy atom. The fraction of sp³-hybridized carbons (Fsp3) is 0.440. The molecule has 1 aliphatic heterocycles. The van der Waals surface area contributed by atoms with Gasteiger partial charge in [-0.2, -0.15) is 39.5 Å². The van der Waals surface area contributed by atoms with Gasteiger partial charge >= 0.3 is 24.6 Å². The number of fused-ring (bicyclic) bond motifs is 1. The Hall–Kier alpha value is -3.45. The number of hydrogen-bond acceptors (Lipinski definition) is 3. The predicted molar refractivity (Wildman–Crippen MR) is 120 cm³/mol. The number of carbonyl (C=O) groups excluding carboxylic acids is 2. The molecule has 14 heteroatoms. The lowest BCUT2D eigenvalue weighted by Gasteiger charge is -2.32. The molecule has 2 amide bonds. The normalized spacial score (nSPS) is 16.4. The maximum Gasteiger partial charge on any atom is 0.416 e. The molecule has 0 spiro atoms. The van der Waals surface area contributed by atoms with Crippen molar-refractivity contribution in [3.05, 3.63) is 64.2 Å². The summed E-state index contributed by atoms with van der Waals surface area (Å²) in [6, 6.07) is 2.34. The lowest BCUT2D eigenvalue weighted by atomic mass is 9.96. The summed E-state index contributed by atoms with van der Waals surface area (Å²) in [6.45, 7) is 1.65. The quantitative estimate of drug-likeness (QED) is 0.356. The molecule has 0 bridgehead atoms. The van der Waals surface area contributed by atoms with E-state index in [1.807, 2.05) is 0 Å². The molecule has 1 heterocycles. The number of hydrogen-bond donors (Lipinski definition) is 0. The van der Waals surface area contributed by atoms with Crippen LogP contribution in [-0.2, 0) is 34.6 Å². The number of amides is 2. The first-order valence-electron chi connectivity index (χ1n) is 11.6. The van der Waals surface area contributed by atoms with Gasteiger partial charge in [-0.3, -0.25) is 9.69 Å². The lowest BCUT2D eigenvalue weighted by molar-refractivity contribution is -0.143. The van der Waals surface area contributed by atoms with Crippen LogP contribution in [0.4, 0.5) is 50.0 Å². The Bertz CT molecular complexity index is 1190. The summed E-state index contributed by atoms with van der Waals surface area (Å²) in [7, 11) is 0. The van der Waals surface area contributed by atoms with E-state index in [-0.39, 0.29) is 43.3 Å². The monoisotopic (exact) mass is 570 g/mol. The molecule has 0 saturated heterocycles. The third kappa shape index (κ3) is 6.95. The van der Waals surface area contributed by atoms with Crippen LogP contribution in [0.3, 0.4) is 0 Å². The molecule has 1 unspecified atom stereocenters. The van der Waals surface area contributed by atoms with E-state index in [4.69, 9.17) is 4.74 Å². The average molecular weight is 570 g/mol. The summed E-state index contributed by atoms with van der Waals surface area (Å²) < 4.78 is 126. The van der Waals surface area contributed by atoms with Gasteiger partial charge < -0.3 is 9.64 Å². The van der Waals surface area contributed by atoms with E-state index in [1.54, 1.807) is 0 Å². The van der Waals surface area contributed by atoms with Crippen molar-refractivity contribution < 1.29 is 53.8 Å². The Kier molecular flexibility index (Phi) is 8.46. The Balaban J connectivity index is 2.14. The van der Waals surface area contributed by atoms with Gasteiger partial charge in [0.15, 0.2) is 0 Å². The Morgan fingerprint density at radius 1 is 0.897 bits per heavy atom. The van der Waals surface area contributed by atoms with Crippen molar-refractivity contribution in [1.82, 2.24) is 4.90 Å². The summed E-state index contributed by atoms with van der Waals surface area (Å²) in [5.74, 6) is -0.749. The highest BCUT2D eigenvalue weighted by atomic mass is 19.4. The zero-order valence-electron chi connectivity index (χ0n) is 20.6. The Morgan fingerprint density at radius 3 is 1.95 bits per heavy atom. The van der Waals surface area contributed by atoms with Gasteiger partial charge in [0.05, 0.1) is 35.0 Å². The van der Waals surface area contributed by atoms with Crippen molar-refractivity contribution >= 4 is 17.7 Å². The van der Waals surface area contributed by atoms with Crippen LogP contribution in [0.25, 0.3) is 0 Å². The van der Waals surface area contributed by atoms with Crippen LogP contribution in [-0.4, -0.2) is 30.1 Å². The molecular formula is C25H23F9N2O3. The van der Waals surface area contributed by atoms with Crippen molar-refractivity contribution in [2.75, 3.05) is 18.1 Å². The highest BCUT2D eigenvalue weighted by Gasteiger charge is 2.39. The predicted octanol–water partition coefficient (Wildman–Crippen LogP) is 7.59. The summed E-state index contributed by atoms with van der Waals surface area (Å²) in [6.07, 6.45) is -15.8. The standard InChI is InChI=1S/C25H23F9N2O3/c1-3-39-22(38)35-8-4-5-20(19-7-6-16(12-21(19)35)23(26,27)28)36(14(2)37)13-15-9-17(24(29,30)31)11-18(10-15)25(32,33)34/h6-7,9-12,20H,3-5,8,13H2,1-2H3. The van der Waals surface area contributed by atoms with Crippen molar-refractivity contribution in [1.29, 1.82) is 0 Å².